The molecule has 0 unspecified atom stereocenters. The minimum atomic E-state index is -1.71. The molecule has 0 aromatic heterocycles. The number of rotatable bonds is 9. The van der Waals surface area contributed by atoms with Gasteiger partial charge in [0.25, 0.3) is 0 Å². The quantitative estimate of drug-likeness (QED) is 0.245. The highest BCUT2D eigenvalue weighted by Gasteiger charge is 2.30. The van der Waals surface area contributed by atoms with Crippen LogP contribution in [-0.4, -0.2) is 0 Å². The second-order valence-electron chi connectivity index (χ2n) is 12.6. The number of benzene rings is 3. The molecule has 0 atom stereocenters. The summed E-state index contributed by atoms with van der Waals surface area (Å²) in [4.78, 5) is 0. The zero-order valence-electron chi connectivity index (χ0n) is 24.6. The number of aryl methyl sites for hydroxylation is 3. The molecular formula is C36H45O3P. The fraction of sp³-hybridized carbons (Fsp3) is 0.500. The Labute approximate surface area is 242 Å². The SMILES string of the molecule is Cc1ccc(OP(Oc2ccc(C)cc2C2CCCC2)Oc2ccc(C)cc2C2CCCC2)c(C2CCCC2)c1. The molecule has 0 aliphatic heterocycles. The van der Waals surface area contributed by atoms with Gasteiger partial charge in [-0.3, -0.25) is 0 Å². The van der Waals surface area contributed by atoms with E-state index in [9.17, 15) is 0 Å². The molecule has 3 nitrogen and oxygen atoms in total. The third-order valence-electron chi connectivity index (χ3n) is 9.40. The molecular weight excluding hydrogens is 511 g/mol. The summed E-state index contributed by atoms with van der Waals surface area (Å²) >= 11 is 0. The molecule has 0 bridgehead atoms. The van der Waals surface area contributed by atoms with Crippen LogP contribution in [0.5, 0.6) is 17.2 Å². The van der Waals surface area contributed by atoms with Crippen LogP contribution in [0.3, 0.4) is 0 Å². The topological polar surface area (TPSA) is 27.7 Å². The molecule has 4 heteroatoms. The van der Waals surface area contributed by atoms with Crippen LogP contribution in [0, 0.1) is 20.8 Å². The van der Waals surface area contributed by atoms with Gasteiger partial charge in [-0.25, -0.2) is 0 Å². The lowest BCUT2D eigenvalue weighted by atomic mass is 9.95. The Hall–Kier alpha value is -2.51. The van der Waals surface area contributed by atoms with Crippen LogP contribution in [0.15, 0.2) is 54.6 Å². The molecule has 3 fully saturated rings. The molecule has 212 valence electrons. The zero-order chi connectivity index (χ0) is 27.5. The average Bonchev–Trinajstić information content (AvgIpc) is 3.75. The van der Waals surface area contributed by atoms with E-state index in [4.69, 9.17) is 13.6 Å². The second-order valence-corrected chi connectivity index (χ2v) is 13.6. The van der Waals surface area contributed by atoms with Gasteiger partial charge < -0.3 is 13.6 Å². The van der Waals surface area contributed by atoms with Crippen molar-refractivity contribution in [3.63, 3.8) is 0 Å². The molecule has 3 saturated carbocycles. The van der Waals surface area contributed by atoms with Gasteiger partial charge in [-0.1, -0.05) is 91.6 Å². The highest BCUT2D eigenvalue weighted by molar-refractivity contribution is 7.43. The van der Waals surface area contributed by atoms with E-state index in [0.717, 1.165) is 17.2 Å². The summed E-state index contributed by atoms with van der Waals surface area (Å²) in [5.74, 6) is 4.42. The third kappa shape index (κ3) is 6.36. The van der Waals surface area contributed by atoms with Crippen molar-refractivity contribution in [1.29, 1.82) is 0 Å². The largest absolute Gasteiger partial charge is 0.530 e. The average molecular weight is 557 g/mol. The molecule has 0 amide bonds. The fourth-order valence-electron chi connectivity index (χ4n) is 7.22. The zero-order valence-corrected chi connectivity index (χ0v) is 25.5. The summed E-state index contributed by atoms with van der Waals surface area (Å²) in [6.07, 6.45) is 15.1. The van der Waals surface area contributed by atoms with Crippen LogP contribution in [0.25, 0.3) is 0 Å². The molecule has 0 spiro atoms. The number of hydrogen-bond acceptors (Lipinski definition) is 3. The normalized spacial score (nSPS) is 18.6. The van der Waals surface area contributed by atoms with Crippen LogP contribution < -0.4 is 13.6 Å². The summed E-state index contributed by atoms with van der Waals surface area (Å²) in [5.41, 5.74) is 7.80. The molecule has 0 saturated heterocycles. The van der Waals surface area contributed by atoms with Crippen molar-refractivity contribution in [2.75, 3.05) is 0 Å². The van der Waals surface area contributed by atoms with Crippen LogP contribution in [-0.2, 0) is 0 Å². The van der Waals surface area contributed by atoms with Gasteiger partial charge in [0.1, 0.15) is 17.2 Å². The fourth-order valence-corrected chi connectivity index (χ4v) is 8.31. The predicted octanol–water partition coefficient (Wildman–Crippen LogP) is 11.3. The smallest absolute Gasteiger partial charge is 0.408 e. The molecule has 3 aromatic rings. The van der Waals surface area contributed by atoms with Gasteiger partial charge in [-0.05, 0) is 112 Å². The van der Waals surface area contributed by atoms with Gasteiger partial charge >= 0.3 is 8.60 Å². The van der Waals surface area contributed by atoms with E-state index in [1.165, 1.54) is 110 Å². The van der Waals surface area contributed by atoms with E-state index < -0.39 is 8.60 Å². The molecule has 0 heterocycles. The van der Waals surface area contributed by atoms with Crippen molar-refractivity contribution in [3.8, 4) is 17.2 Å². The van der Waals surface area contributed by atoms with E-state index >= 15 is 0 Å². The summed E-state index contributed by atoms with van der Waals surface area (Å²) < 4.78 is 20.5. The van der Waals surface area contributed by atoms with Gasteiger partial charge in [-0.2, -0.15) is 0 Å². The molecule has 6 rings (SSSR count). The Morgan fingerprint density at radius 1 is 0.450 bits per heavy atom. The Balaban J connectivity index is 1.36. The van der Waals surface area contributed by atoms with Gasteiger partial charge in [0.15, 0.2) is 0 Å². The lowest BCUT2D eigenvalue weighted by molar-refractivity contribution is 0.379. The van der Waals surface area contributed by atoms with Crippen molar-refractivity contribution in [2.24, 2.45) is 0 Å². The van der Waals surface area contributed by atoms with Gasteiger partial charge in [-0.15, -0.1) is 0 Å². The van der Waals surface area contributed by atoms with E-state index in [0.29, 0.717) is 17.8 Å². The maximum Gasteiger partial charge on any atom is 0.530 e. The lowest BCUT2D eigenvalue weighted by Gasteiger charge is -2.25. The molecule has 3 aromatic carbocycles. The van der Waals surface area contributed by atoms with Crippen molar-refractivity contribution in [2.45, 2.75) is 116 Å². The first kappa shape index (κ1) is 27.6. The van der Waals surface area contributed by atoms with Gasteiger partial charge in [0.05, 0.1) is 0 Å². The Morgan fingerprint density at radius 3 is 1.00 bits per heavy atom. The predicted molar refractivity (Wildman–Crippen MR) is 166 cm³/mol. The Kier molecular flexibility index (Phi) is 8.68. The molecule has 0 radical (unpaired) electrons. The van der Waals surface area contributed by atoms with Gasteiger partial charge in [0, 0.05) is 0 Å². The van der Waals surface area contributed by atoms with E-state index in [2.05, 4.69) is 75.4 Å². The van der Waals surface area contributed by atoms with Gasteiger partial charge in [0.2, 0.25) is 0 Å². The van der Waals surface area contributed by atoms with Crippen LogP contribution in [0.1, 0.15) is 128 Å². The summed E-state index contributed by atoms with van der Waals surface area (Å²) in [5, 5.41) is 0. The summed E-state index contributed by atoms with van der Waals surface area (Å²) in [6.45, 7) is 6.54. The third-order valence-corrected chi connectivity index (χ3v) is 10.4. The highest BCUT2D eigenvalue weighted by atomic mass is 31.2. The van der Waals surface area contributed by atoms with Crippen molar-refractivity contribution in [1.82, 2.24) is 0 Å². The first-order chi connectivity index (χ1) is 19.5. The van der Waals surface area contributed by atoms with E-state index in [1.807, 2.05) is 0 Å². The minimum absolute atomic E-state index is 0.550. The lowest BCUT2D eigenvalue weighted by Crippen LogP contribution is -2.08. The van der Waals surface area contributed by atoms with E-state index in [-0.39, 0.29) is 0 Å². The molecule has 3 aliphatic rings. The van der Waals surface area contributed by atoms with Crippen LogP contribution in [0.4, 0.5) is 0 Å². The standard InChI is InChI=1S/C36H45O3P/c1-25-16-19-34(31(22-25)28-10-4-5-11-28)37-40(38-35-20-17-26(2)23-32(35)29-12-6-7-13-29)39-36-21-18-27(3)24-33(36)30-14-8-9-15-30/h16-24,28-30H,4-15H2,1-3H3. The minimum Gasteiger partial charge on any atom is -0.408 e. The maximum absolute atomic E-state index is 6.84. The Morgan fingerprint density at radius 2 is 0.725 bits per heavy atom. The first-order valence-electron chi connectivity index (χ1n) is 15.7. The molecule has 40 heavy (non-hydrogen) atoms. The molecule has 0 N–H and O–H groups in total. The summed E-state index contributed by atoms with van der Waals surface area (Å²) in [6, 6.07) is 19.9. The molecule has 3 aliphatic carbocycles. The Bertz CT molecular complexity index is 1140. The van der Waals surface area contributed by atoms with Crippen molar-refractivity contribution < 1.29 is 13.6 Å². The van der Waals surface area contributed by atoms with E-state index in [1.54, 1.807) is 0 Å². The second kappa shape index (κ2) is 12.6. The monoisotopic (exact) mass is 556 g/mol. The van der Waals surface area contributed by atoms with Crippen LogP contribution >= 0.6 is 8.60 Å². The maximum atomic E-state index is 6.84. The van der Waals surface area contributed by atoms with Crippen molar-refractivity contribution in [3.05, 3.63) is 88.0 Å². The van der Waals surface area contributed by atoms with Crippen LogP contribution in [0.2, 0.25) is 0 Å². The first-order valence-corrected chi connectivity index (χ1v) is 16.8. The summed E-state index contributed by atoms with van der Waals surface area (Å²) in [7, 11) is -1.71. The number of hydrogen-bond donors (Lipinski definition) is 0. The van der Waals surface area contributed by atoms with Crippen molar-refractivity contribution >= 4 is 8.60 Å². The highest BCUT2D eigenvalue weighted by Crippen LogP contribution is 2.51.